The number of hydrogen-bond acceptors (Lipinski definition) is 5. The van der Waals surface area contributed by atoms with Gasteiger partial charge in [0.05, 0.1) is 18.3 Å². The minimum atomic E-state index is -0.335. The number of hydrogen-bond donors (Lipinski definition) is 1. The molecule has 0 aliphatic rings. The average molecular weight is 330 g/mol. The Morgan fingerprint density at radius 1 is 1.38 bits per heavy atom. The van der Waals surface area contributed by atoms with Crippen LogP contribution < -0.4 is 11.0 Å². The van der Waals surface area contributed by atoms with E-state index in [1.807, 2.05) is 31.2 Å². The highest BCUT2D eigenvalue weighted by atomic mass is 16.5. The summed E-state index contributed by atoms with van der Waals surface area (Å²) in [6, 6.07) is 7.01. The summed E-state index contributed by atoms with van der Waals surface area (Å²) < 4.78 is 6.65. The van der Waals surface area contributed by atoms with E-state index in [4.69, 9.17) is 4.74 Å². The maximum absolute atomic E-state index is 12.2. The molecule has 1 atom stereocenters. The minimum absolute atomic E-state index is 0.172. The molecule has 0 aliphatic carbocycles. The number of aromatic nitrogens is 3. The van der Waals surface area contributed by atoms with Gasteiger partial charge in [0.15, 0.2) is 0 Å². The SMILES string of the molecule is COC[C@@H](NC(=O)CCn1c(C)cc(C)nc1=O)c1ccccn1. The quantitative estimate of drug-likeness (QED) is 0.823. The van der Waals surface area contributed by atoms with Crippen LogP contribution in [0.5, 0.6) is 0 Å². The maximum atomic E-state index is 12.2. The highest BCUT2D eigenvalue weighted by Crippen LogP contribution is 2.10. The summed E-state index contributed by atoms with van der Waals surface area (Å²) in [5, 5.41) is 2.89. The molecular weight excluding hydrogens is 308 g/mol. The van der Waals surface area contributed by atoms with Gasteiger partial charge in [-0.3, -0.25) is 14.3 Å². The Bertz CT molecular complexity index is 743. The molecule has 0 saturated heterocycles. The first-order valence-corrected chi connectivity index (χ1v) is 7.75. The number of carbonyl (C=O) groups is 1. The van der Waals surface area contributed by atoms with E-state index < -0.39 is 0 Å². The number of aryl methyl sites for hydroxylation is 2. The van der Waals surface area contributed by atoms with Crippen LogP contribution in [-0.4, -0.2) is 34.2 Å². The molecule has 2 heterocycles. The van der Waals surface area contributed by atoms with Gasteiger partial charge >= 0.3 is 5.69 Å². The second-order valence-corrected chi connectivity index (χ2v) is 5.55. The Labute approximate surface area is 140 Å². The molecular formula is C17H22N4O3. The summed E-state index contributed by atoms with van der Waals surface area (Å²) in [4.78, 5) is 32.3. The van der Waals surface area contributed by atoms with Gasteiger partial charge in [0, 0.05) is 37.7 Å². The Morgan fingerprint density at radius 3 is 2.79 bits per heavy atom. The van der Waals surface area contributed by atoms with Crippen molar-refractivity contribution in [2.45, 2.75) is 32.9 Å². The summed E-state index contributed by atoms with van der Waals surface area (Å²) in [6.45, 7) is 4.21. The van der Waals surface area contributed by atoms with Gasteiger partial charge in [0.2, 0.25) is 5.91 Å². The lowest BCUT2D eigenvalue weighted by molar-refractivity contribution is -0.122. The molecule has 0 aliphatic heterocycles. The summed E-state index contributed by atoms with van der Waals surface area (Å²) >= 11 is 0. The average Bonchev–Trinajstić information content (AvgIpc) is 2.54. The number of nitrogens with zero attached hydrogens (tertiary/aromatic N) is 3. The number of nitrogens with one attached hydrogen (secondary N) is 1. The predicted octanol–water partition coefficient (Wildman–Crippen LogP) is 1.15. The molecule has 24 heavy (non-hydrogen) atoms. The maximum Gasteiger partial charge on any atom is 0.347 e. The molecule has 0 aromatic carbocycles. The zero-order chi connectivity index (χ0) is 17.5. The third-order valence-corrected chi connectivity index (χ3v) is 3.62. The fourth-order valence-corrected chi connectivity index (χ4v) is 2.48. The number of methoxy groups -OCH3 is 1. The fraction of sp³-hybridized carbons (Fsp3) is 0.412. The summed E-state index contributed by atoms with van der Waals surface area (Å²) in [5.74, 6) is -0.172. The van der Waals surface area contributed by atoms with Crippen LogP contribution in [0, 0.1) is 13.8 Å². The van der Waals surface area contributed by atoms with Gasteiger partial charge in [-0.1, -0.05) is 6.07 Å². The van der Waals surface area contributed by atoms with Crippen LogP contribution in [-0.2, 0) is 16.1 Å². The van der Waals surface area contributed by atoms with Crippen LogP contribution in [0.15, 0.2) is 35.3 Å². The molecule has 0 fully saturated rings. The van der Waals surface area contributed by atoms with Crippen molar-refractivity contribution in [3.05, 3.63) is 58.0 Å². The van der Waals surface area contributed by atoms with Crippen molar-refractivity contribution < 1.29 is 9.53 Å². The first kappa shape index (κ1) is 17.8. The molecule has 2 aromatic heterocycles. The molecule has 0 unspecified atom stereocenters. The van der Waals surface area contributed by atoms with E-state index in [9.17, 15) is 9.59 Å². The zero-order valence-corrected chi connectivity index (χ0v) is 14.2. The van der Waals surface area contributed by atoms with Crippen molar-refractivity contribution in [2.24, 2.45) is 0 Å². The standard InChI is InChI=1S/C17H22N4O3/c1-12-10-13(2)21(17(23)19-12)9-7-16(22)20-15(11-24-3)14-6-4-5-8-18-14/h4-6,8,10,15H,7,9,11H2,1-3H3,(H,20,22)/t15-/m1/s1. The van der Waals surface area contributed by atoms with E-state index in [2.05, 4.69) is 15.3 Å². The number of carbonyl (C=O) groups excluding carboxylic acids is 1. The molecule has 2 aromatic rings. The van der Waals surface area contributed by atoms with Gasteiger partial charge in [0.1, 0.15) is 0 Å². The predicted molar refractivity (Wildman–Crippen MR) is 89.6 cm³/mol. The first-order valence-electron chi connectivity index (χ1n) is 7.75. The fourth-order valence-electron chi connectivity index (χ4n) is 2.48. The highest BCUT2D eigenvalue weighted by Gasteiger charge is 2.16. The monoisotopic (exact) mass is 330 g/mol. The van der Waals surface area contributed by atoms with Gasteiger partial charge in [-0.25, -0.2) is 4.79 Å². The van der Waals surface area contributed by atoms with Gasteiger partial charge in [-0.2, -0.15) is 4.98 Å². The largest absolute Gasteiger partial charge is 0.382 e. The van der Waals surface area contributed by atoms with Crippen molar-refractivity contribution in [3.8, 4) is 0 Å². The lowest BCUT2D eigenvalue weighted by atomic mass is 10.2. The topological polar surface area (TPSA) is 86.1 Å². The van der Waals surface area contributed by atoms with Crippen LogP contribution in [0.3, 0.4) is 0 Å². The van der Waals surface area contributed by atoms with Crippen molar-refractivity contribution in [3.63, 3.8) is 0 Å². The van der Waals surface area contributed by atoms with Crippen LogP contribution >= 0.6 is 0 Å². The van der Waals surface area contributed by atoms with Gasteiger partial charge in [0.25, 0.3) is 0 Å². The lowest BCUT2D eigenvalue weighted by Gasteiger charge is -2.18. The van der Waals surface area contributed by atoms with Crippen molar-refractivity contribution >= 4 is 5.91 Å². The molecule has 7 heteroatoms. The van der Waals surface area contributed by atoms with E-state index >= 15 is 0 Å². The zero-order valence-electron chi connectivity index (χ0n) is 14.2. The van der Waals surface area contributed by atoms with Crippen LogP contribution in [0.4, 0.5) is 0 Å². The minimum Gasteiger partial charge on any atom is -0.382 e. The lowest BCUT2D eigenvalue weighted by Crippen LogP contribution is -2.34. The third kappa shape index (κ3) is 4.73. The van der Waals surface area contributed by atoms with E-state index in [1.165, 1.54) is 4.57 Å². The summed E-state index contributed by atoms with van der Waals surface area (Å²) in [7, 11) is 1.57. The summed E-state index contributed by atoms with van der Waals surface area (Å²) in [5.41, 5.74) is 1.86. The normalized spacial score (nSPS) is 12.0. The Kier molecular flexibility index (Phi) is 6.20. The molecule has 128 valence electrons. The molecule has 0 saturated carbocycles. The Balaban J connectivity index is 2.01. The molecule has 2 rings (SSSR count). The Morgan fingerprint density at radius 2 is 2.17 bits per heavy atom. The number of rotatable bonds is 7. The van der Waals surface area contributed by atoms with Crippen LogP contribution in [0.2, 0.25) is 0 Å². The van der Waals surface area contributed by atoms with E-state index in [0.717, 1.165) is 11.4 Å². The van der Waals surface area contributed by atoms with E-state index in [1.54, 1.807) is 20.2 Å². The molecule has 0 radical (unpaired) electrons. The van der Waals surface area contributed by atoms with E-state index in [0.29, 0.717) is 12.3 Å². The van der Waals surface area contributed by atoms with Gasteiger partial charge in [-0.05, 0) is 32.0 Å². The molecule has 1 N–H and O–H groups in total. The highest BCUT2D eigenvalue weighted by molar-refractivity contribution is 5.76. The number of ether oxygens (including phenoxy) is 1. The van der Waals surface area contributed by atoms with E-state index in [-0.39, 0.29) is 30.6 Å². The van der Waals surface area contributed by atoms with Crippen molar-refractivity contribution in [2.75, 3.05) is 13.7 Å². The second-order valence-electron chi connectivity index (χ2n) is 5.55. The van der Waals surface area contributed by atoms with Gasteiger partial charge < -0.3 is 10.1 Å². The molecule has 0 bridgehead atoms. The number of amides is 1. The van der Waals surface area contributed by atoms with Crippen molar-refractivity contribution in [1.29, 1.82) is 0 Å². The van der Waals surface area contributed by atoms with Crippen LogP contribution in [0.25, 0.3) is 0 Å². The van der Waals surface area contributed by atoms with Gasteiger partial charge in [-0.15, -0.1) is 0 Å². The third-order valence-electron chi connectivity index (χ3n) is 3.62. The smallest absolute Gasteiger partial charge is 0.347 e. The Hall–Kier alpha value is -2.54. The first-order chi connectivity index (χ1) is 11.5. The number of pyridine rings is 1. The molecule has 1 amide bonds. The van der Waals surface area contributed by atoms with Crippen LogP contribution in [0.1, 0.15) is 29.5 Å². The molecule has 7 nitrogen and oxygen atoms in total. The summed E-state index contributed by atoms with van der Waals surface area (Å²) in [6.07, 6.45) is 1.85. The van der Waals surface area contributed by atoms with Crippen molar-refractivity contribution in [1.82, 2.24) is 19.9 Å². The molecule has 0 spiro atoms. The second kappa shape index (κ2) is 8.35.